The number of hydrogen-bond donors (Lipinski definition) is 1. The number of imidazole rings is 1. The molecule has 0 spiro atoms. The van der Waals surface area contributed by atoms with Crippen molar-refractivity contribution in [2.75, 3.05) is 13.2 Å². The van der Waals surface area contributed by atoms with E-state index >= 15 is 0 Å². The fourth-order valence-electron chi connectivity index (χ4n) is 5.16. The maximum Gasteiger partial charge on any atom is 0.307 e. The minimum atomic E-state index is -0.339. The number of fused-ring (bicyclic) bond motifs is 1. The van der Waals surface area contributed by atoms with Gasteiger partial charge < -0.3 is 19.4 Å². The lowest BCUT2D eigenvalue weighted by atomic mass is 9.87. The first-order chi connectivity index (χ1) is 21.0. The van der Waals surface area contributed by atoms with Gasteiger partial charge in [0, 0.05) is 52.7 Å². The normalized spacial score (nSPS) is 13.2. The third kappa shape index (κ3) is 7.93. The predicted octanol–water partition coefficient (Wildman–Crippen LogP) is 6.20. The third-order valence-corrected chi connectivity index (χ3v) is 8.32. The second kappa shape index (κ2) is 14.7. The average molecular weight is 598 g/mol. The van der Waals surface area contributed by atoms with Gasteiger partial charge in [0.05, 0.1) is 25.9 Å². The summed E-state index contributed by atoms with van der Waals surface area (Å²) in [5.74, 6) is 0.908. The highest BCUT2D eigenvalue weighted by molar-refractivity contribution is 7.98. The quantitative estimate of drug-likeness (QED) is 0.145. The van der Waals surface area contributed by atoms with Crippen molar-refractivity contribution < 1.29 is 23.9 Å². The summed E-state index contributed by atoms with van der Waals surface area (Å²) in [5.41, 5.74) is 4.38. The lowest BCUT2D eigenvalue weighted by molar-refractivity contribution is -0.142. The molecule has 1 unspecified atom stereocenters. The molecule has 1 atom stereocenters. The number of esters is 1. The van der Waals surface area contributed by atoms with Crippen LogP contribution in [0.15, 0.2) is 90.3 Å². The van der Waals surface area contributed by atoms with Crippen molar-refractivity contribution in [3.8, 4) is 5.75 Å². The minimum absolute atomic E-state index is 0.124. The summed E-state index contributed by atoms with van der Waals surface area (Å²) in [6.45, 7) is 2.86. The van der Waals surface area contributed by atoms with E-state index in [1.165, 1.54) is 0 Å². The smallest absolute Gasteiger partial charge is 0.307 e. The molecule has 5 rings (SSSR count). The van der Waals surface area contributed by atoms with Crippen molar-refractivity contribution >= 4 is 29.4 Å². The van der Waals surface area contributed by atoms with Crippen LogP contribution in [0, 0.1) is 0 Å². The van der Waals surface area contributed by atoms with E-state index in [2.05, 4.69) is 22.4 Å². The fraction of sp³-hybridized carbons (Fsp3) is 0.294. The van der Waals surface area contributed by atoms with Crippen LogP contribution >= 0.6 is 11.8 Å². The summed E-state index contributed by atoms with van der Waals surface area (Å²) in [6, 6.07) is 21.3. The van der Waals surface area contributed by atoms with Gasteiger partial charge in [-0.1, -0.05) is 36.4 Å². The number of hydrogen-bond acceptors (Lipinski definition) is 7. The van der Waals surface area contributed by atoms with Crippen LogP contribution in [0.1, 0.15) is 69.7 Å². The van der Waals surface area contributed by atoms with E-state index in [0.29, 0.717) is 30.9 Å². The Morgan fingerprint density at radius 1 is 1.07 bits per heavy atom. The molecule has 222 valence electrons. The Balaban J connectivity index is 1.37. The van der Waals surface area contributed by atoms with Crippen LogP contribution in [0.4, 0.5) is 0 Å². The largest absolute Gasteiger partial charge is 0.484 e. The number of carbonyl (C=O) groups excluding carboxylic acids is 3. The zero-order valence-electron chi connectivity index (χ0n) is 24.2. The molecule has 4 aromatic rings. The molecule has 0 aliphatic heterocycles. The molecule has 0 saturated carbocycles. The van der Waals surface area contributed by atoms with Gasteiger partial charge in [0.25, 0.3) is 5.91 Å². The molecule has 1 heterocycles. The van der Waals surface area contributed by atoms with Crippen LogP contribution in [-0.4, -0.2) is 40.4 Å². The van der Waals surface area contributed by atoms with E-state index < -0.39 is 0 Å². The number of nitrogens with one attached hydrogen (secondary N) is 1. The first-order valence-electron chi connectivity index (χ1n) is 14.5. The van der Waals surface area contributed by atoms with Gasteiger partial charge in [-0.05, 0) is 61.2 Å². The Morgan fingerprint density at radius 3 is 2.72 bits per heavy atom. The van der Waals surface area contributed by atoms with Gasteiger partial charge >= 0.3 is 5.97 Å². The molecule has 0 bridgehead atoms. The lowest BCUT2D eigenvalue weighted by Gasteiger charge is -2.25. The van der Waals surface area contributed by atoms with Crippen molar-refractivity contribution in [2.45, 2.75) is 55.9 Å². The van der Waals surface area contributed by atoms with Gasteiger partial charge in [0.2, 0.25) is 0 Å². The third-order valence-electron chi connectivity index (χ3n) is 7.30. The highest BCUT2D eigenvalue weighted by Gasteiger charge is 2.25. The van der Waals surface area contributed by atoms with Gasteiger partial charge in [0.1, 0.15) is 11.9 Å². The summed E-state index contributed by atoms with van der Waals surface area (Å²) < 4.78 is 13.7. The molecule has 1 aliphatic rings. The van der Waals surface area contributed by atoms with Crippen LogP contribution in [-0.2, 0) is 28.2 Å². The number of amides is 1. The topological polar surface area (TPSA) is 99.5 Å². The molecule has 1 aromatic heterocycles. The number of thioether (sulfide) groups is 1. The number of nitrogens with zero attached hydrogens (tertiary/aromatic N) is 2. The van der Waals surface area contributed by atoms with E-state index in [1.54, 1.807) is 37.3 Å². The van der Waals surface area contributed by atoms with Gasteiger partial charge in [-0.25, -0.2) is 4.98 Å². The first-order valence-corrected chi connectivity index (χ1v) is 15.5. The number of ether oxygens (including phenoxy) is 2. The number of Topliss-reactive ketones (excluding diaryl/α,β-unsaturated/α-hetero) is 1. The average Bonchev–Trinajstić information content (AvgIpc) is 3.54. The second-order valence-corrected chi connectivity index (χ2v) is 11.3. The summed E-state index contributed by atoms with van der Waals surface area (Å²) in [5, 5.41) is 2.79. The Hall–Kier alpha value is -4.37. The Bertz CT molecular complexity index is 1560. The summed E-state index contributed by atoms with van der Waals surface area (Å²) >= 11 is 1.60. The Kier molecular flexibility index (Phi) is 10.3. The fourth-order valence-corrected chi connectivity index (χ4v) is 6.17. The molecule has 0 radical (unpaired) electrons. The zero-order valence-corrected chi connectivity index (χ0v) is 25.0. The Morgan fingerprint density at radius 2 is 1.93 bits per heavy atom. The van der Waals surface area contributed by atoms with Crippen molar-refractivity contribution in [2.24, 2.45) is 0 Å². The van der Waals surface area contributed by atoms with Crippen LogP contribution in [0.2, 0.25) is 0 Å². The molecular formula is C34H35N3O5S. The van der Waals surface area contributed by atoms with Crippen molar-refractivity contribution in [3.05, 3.63) is 113 Å². The van der Waals surface area contributed by atoms with E-state index in [-0.39, 0.29) is 36.7 Å². The minimum Gasteiger partial charge on any atom is -0.484 e. The summed E-state index contributed by atoms with van der Waals surface area (Å²) in [4.78, 5) is 42.3. The maximum absolute atomic E-state index is 12.8. The molecular weight excluding hydrogens is 562 g/mol. The summed E-state index contributed by atoms with van der Waals surface area (Å²) in [6.07, 6.45) is 7.49. The van der Waals surface area contributed by atoms with Gasteiger partial charge in [-0.15, -0.1) is 11.8 Å². The molecule has 1 aliphatic carbocycles. The van der Waals surface area contributed by atoms with E-state index in [9.17, 15) is 14.4 Å². The molecule has 1 amide bonds. The maximum atomic E-state index is 12.8. The molecule has 0 fully saturated rings. The van der Waals surface area contributed by atoms with Crippen molar-refractivity contribution in [1.82, 2.24) is 14.9 Å². The highest BCUT2D eigenvalue weighted by atomic mass is 32.2. The van der Waals surface area contributed by atoms with Crippen LogP contribution in [0.5, 0.6) is 5.75 Å². The predicted molar refractivity (Wildman–Crippen MR) is 165 cm³/mol. The van der Waals surface area contributed by atoms with E-state index in [1.807, 2.05) is 59.3 Å². The number of ketones is 1. The van der Waals surface area contributed by atoms with Crippen LogP contribution in [0.3, 0.4) is 0 Å². The van der Waals surface area contributed by atoms with Gasteiger partial charge in [-0.3, -0.25) is 14.4 Å². The van der Waals surface area contributed by atoms with Crippen molar-refractivity contribution in [1.29, 1.82) is 0 Å². The number of aromatic nitrogens is 2. The van der Waals surface area contributed by atoms with Crippen LogP contribution < -0.4 is 10.1 Å². The molecule has 9 heteroatoms. The molecule has 43 heavy (non-hydrogen) atoms. The Labute approximate surface area is 255 Å². The number of benzene rings is 3. The van der Waals surface area contributed by atoms with E-state index in [4.69, 9.17) is 9.47 Å². The molecule has 0 saturated heterocycles. The van der Waals surface area contributed by atoms with Crippen LogP contribution in [0.25, 0.3) is 0 Å². The number of rotatable bonds is 13. The molecule has 1 N–H and O–H groups in total. The zero-order chi connectivity index (χ0) is 30.0. The lowest BCUT2D eigenvalue weighted by Crippen LogP contribution is -2.26. The first kappa shape index (κ1) is 30.1. The molecule has 3 aromatic carbocycles. The van der Waals surface area contributed by atoms with Gasteiger partial charge in [0.15, 0.2) is 5.78 Å². The number of carbonyl (C=O) groups is 3. The van der Waals surface area contributed by atoms with E-state index in [0.717, 1.165) is 45.7 Å². The summed E-state index contributed by atoms with van der Waals surface area (Å²) in [7, 11) is 0. The van der Waals surface area contributed by atoms with Crippen molar-refractivity contribution in [3.63, 3.8) is 0 Å². The highest BCUT2D eigenvalue weighted by Crippen LogP contribution is 2.38. The van der Waals surface area contributed by atoms with Gasteiger partial charge in [-0.2, -0.15) is 0 Å². The SMILES string of the molecule is CCOC(=O)CCNC(=O)c1cccc(SCc2c(OC(Cn3ccnc3)c3ccccc3)ccc3c2CCCC3=O)c1. The molecule has 8 nitrogen and oxygen atoms in total. The standard InChI is InChI=1S/C34H35N3O5S/c1-2-41-33(39)16-17-36-34(40)25-10-6-11-26(20-25)43-22-29-27-12-7-13-30(38)28(27)14-15-31(29)42-32(21-37-19-18-35-23-37)24-8-4-3-5-9-24/h3-6,8-11,14-15,18-20,23,32H,2,7,12-13,16-17,21-22H2,1H3,(H,36,40). The second-order valence-electron chi connectivity index (χ2n) is 10.2. The monoisotopic (exact) mass is 597 g/mol.